The van der Waals surface area contributed by atoms with Crippen LogP contribution < -0.4 is 11.0 Å². The fourth-order valence-electron chi connectivity index (χ4n) is 2.53. The zero-order valence-electron chi connectivity index (χ0n) is 14.7. The van der Waals surface area contributed by atoms with E-state index in [1.807, 2.05) is 30.3 Å². The summed E-state index contributed by atoms with van der Waals surface area (Å²) in [6.07, 6.45) is 0.675. The lowest BCUT2D eigenvalue weighted by atomic mass is 10.1. The number of nitrogens with one attached hydrogen (secondary N) is 2. The number of aromatic amines is 1. The Labute approximate surface area is 159 Å². The molecule has 0 spiro atoms. The van der Waals surface area contributed by atoms with Crippen LogP contribution in [0.15, 0.2) is 58.5 Å². The van der Waals surface area contributed by atoms with E-state index in [2.05, 4.69) is 15.5 Å². The minimum atomic E-state index is -0.479. The van der Waals surface area contributed by atoms with Crippen LogP contribution in [-0.2, 0) is 17.8 Å². The number of amides is 1. The van der Waals surface area contributed by atoms with Crippen LogP contribution >= 0.6 is 11.8 Å². The molecule has 0 bridgehead atoms. The normalized spacial score (nSPS) is 10.7. The maximum absolute atomic E-state index is 13.8. The summed E-state index contributed by atoms with van der Waals surface area (Å²) in [6.45, 7) is 2.23. The molecule has 140 valence electrons. The van der Waals surface area contributed by atoms with Crippen LogP contribution in [-0.4, -0.2) is 26.4 Å². The van der Waals surface area contributed by atoms with Gasteiger partial charge in [0.15, 0.2) is 5.16 Å². The average Bonchev–Trinajstić information content (AvgIpc) is 3.01. The second-order valence-electron chi connectivity index (χ2n) is 6.02. The third kappa shape index (κ3) is 5.07. The lowest BCUT2D eigenvalue weighted by Crippen LogP contribution is -2.20. The number of halogens is 1. The number of aryl methyl sites for hydroxylation is 2. The maximum atomic E-state index is 13.8. The van der Waals surface area contributed by atoms with Crippen molar-refractivity contribution in [2.45, 2.75) is 25.0 Å². The number of anilines is 1. The number of rotatable bonds is 7. The number of hydrogen-bond acceptors (Lipinski definition) is 4. The summed E-state index contributed by atoms with van der Waals surface area (Å²) in [5.41, 5.74) is 1.70. The van der Waals surface area contributed by atoms with Gasteiger partial charge in [-0.15, -0.1) is 5.10 Å². The monoisotopic (exact) mass is 386 g/mol. The Morgan fingerprint density at radius 1 is 1.26 bits per heavy atom. The van der Waals surface area contributed by atoms with Crippen molar-refractivity contribution in [3.63, 3.8) is 0 Å². The number of nitrogens with zero attached hydrogens (tertiary/aromatic N) is 2. The summed E-state index contributed by atoms with van der Waals surface area (Å²) in [6, 6.07) is 14.4. The van der Waals surface area contributed by atoms with E-state index in [1.54, 1.807) is 13.0 Å². The molecule has 0 unspecified atom stereocenters. The molecule has 1 amide bonds. The minimum Gasteiger partial charge on any atom is -0.323 e. The molecule has 3 rings (SSSR count). The van der Waals surface area contributed by atoms with E-state index in [4.69, 9.17) is 0 Å². The van der Waals surface area contributed by atoms with E-state index in [-0.39, 0.29) is 23.0 Å². The Balaban J connectivity index is 1.59. The van der Waals surface area contributed by atoms with Crippen LogP contribution in [0.5, 0.6) is 0 Å². The van der Waals surface area contributed by atoms with Crippen molar-refractivity contribution in [3.8, 4) is 0 Å². The van der Waals surface area contributed by atoms with Gasteiger partial charge in [-0.3, -0.25) is 9.36 Å². The van der Waals surface area contributed by atoms with E-state index in [9.17, 15) is 14.0 Å². The van der Waals surface area contributed by atoms with Crippen LogP contribution in [0.4, 0.5) is 10.1 Å². The molecule has 2 aromatic carbocycles. The smallest absolute Gasteiger partial charge is 0.323 e. The molecule has 0 atom stereocenters. The second kappa shape index (κ2) is 8.68. The summed E-state index contributed by atoms with van der Waals surface area (Å²) in [5.74, 6) is -0.830. The summed E-state index contributed by atoms with van der Waals surface area (Å²) in [7, 11) is 0. The van der Waals surface area contributed by atoms with Crippen molar-refractivity contribution in [3.05, 3.63) is 76.0 Å². The van der Waals surface area contributed by atoms with E-state index in [1.165, 1.54) is 16.7 Å². The van der Waals surface area contributed by atoms with E-state index >= 15 is 0 Å². The van der Waals surface area contributed by atoms with Crippen LogP contribution in [0.3, 0.4) is 0 Å². The van der Waals surface area contributed by atoms with E-state index in [0.29, 0.717) is 18.1 Å². The molecule has 0 aliphatic rings. The van der Waals surface area contributed by atoms with Crippen molar-refractivity contribution in [1.29, 1.82) is 0 Å². The molecule has 0 aliphatic heterocycles. The third-order valence-electron chi connectivity index (χ3n) is 3.92. The highest BCUT2D eigenvalue weighted by Gasteiger charge is 2.13. The van der Waals surface area contributed by atoms with Gasteiger partial charge in [-0.2, -0.15) is 0 Å². The fraction of sp³-hybridized carbons (Fsp3) is 0.211. The Morgan fingerprint density at radius 3 is 2.78 bits per heavy atom. The first-order valence-electron chi connectivity index (χ1n) is 8.41. The molecule has 2 N–H and O–H groups in total. The lowest BCUT2D eigenvalue weighted by molar-refractivity contribution is -0.113. The second-order valence-corrected chi connectivity index (χ2v) is 6.96. The van der Waals surface area contributed by atoms with Crippen molar-refractivity contribution in [1.82, 2.24) is 14.8 Å². The summed E-state index contributed by atoms with van der Waals surface area (Å²) >= 11 is 1.13. The van der Waals surface area contributed by atoms with Gasteiger partial charge >= 0.3 is 5.69 Å². The molecule has 0 saturated carbocycles. The highest BCUT2D eigenvalue weighted by Crippen LogP contribution is 2.18. The van der Waals surface area contributed by atoms with Gasteiger partial charge in [0.1, 0.15) is 5.82 Å². The Bertz CT molecular complexity index is 985. The predicted octanol–water partition coefficient (Wildman–Crippen LogP) is 2.99. The number of benzene rings is 2. The number of carbonyl (C=O) groups excluding carboxylic acids is 1. The van der Waals surface area contributed by atoms with Gasteiger partial charge in [-0.25, -0.2) is 14.3 Å². The molecule has 0 radical (unpaired) electrons. The van der Waals surface area contributed by atoms with Crippen LogP contribution in [0, 0.1) is 12.7 Å². The van der Waals surface area contributed by atoms with Gasteiger partial charge in [0.05, 0.1) is 11.4 Å². The molecule has 3 aromatic rings. The zero-order chi connectivity index (χ0) is 19.2. The Hall–Kier alpha value is -2.87. The standard InChI is InChI=1S/C19H19FN4O2S/c1-13-7-8-16(15(20)11-13)21-17(25)12-27-19-23-22-18(26)24(19)10-9-14-5-3-2-4-6-14/h2-8,11H,9-10,12H2,1H3,(H,21,25)(H,22,26). The van der Waals surface area contributed by atoms with Crippen molar-refractivity contribution < 1.29 is 9.18 Å². The van der Waals surface area contributed by atoms with Gasteiger partial charge in [-0.1, -0.05) is 48.2 Å². The van der Waals surface area contributed by atoms with Gasteiger partial charge < -0.3 is 5.32 Å². The molecule has 0 fully saturated rings. The number of H-pyrrole nitrogens is 1. The molecule has 27 heavy (non-hydrogen) atoms. The van der Waals surface area contributed by atoms with Gasteiger partial charge in [-0.05, 0) is 36.6 Å². The summed E-state index contributed by atoms with van der Waals surface area (Å²) < 4.78 is 15.3. The summed E-state index contributed by atoms with van der Waals surface area (Å²) in [5, 5.41) is 9.34. The molecule has 6 nitrogen and oxygen atoms in total. The Morgan fingerprint density at radius 2 is 2.04 bits per heavy atom. The highest BCUT2D eigenvalue weighted by atomic mass is 32.2. The average molecular weight is 386 g/mol. The summed E-state index contributed by atoms with van der Waals surface area (Å²) in [4.78, 5) is 24.1. The fourth-order valence-corrected chi connectivity index (χ4v) is 3.31. The largest absolute Gasteiger partial charge is 0.343 e. The topological polar surface area (TPSA) is 79.8 Å². The van der Waals surface area contributed by atoms with Gasteiger partial charge in [0, 0.05) is 6.54 Å². The maximum Gasteiger partial charge on any atom is 0.343 e. The van der Waals surface area contributed by atoms with E-state index < -0.39 is 5.82 Å². The molecule has 8 heteroatoms. The van der Waals surface area contributed by atoms with Crippen LogP contribution in [0.25, 0.3) is 0 Å². The Kier molecular flexibility index (Phi) is 6.08. The van der Waals surface area contributed by atoms with Crippen LogP contribution in [0.1, 0.15) is 11.1 Å². The number of thioether (sulfide) groups is 1. The molecule has 0 aliphatic carbocycles. The zero-order valence-corrected chi connectivity index (χ0v) is 15.6. The molecule has 0 saturated heterocycles. The van der Waals surface area contributed by atoms with E-state index in [0.717, 1.165) is 22.9 Å². The van der Waals surface area contributed by atoms with Crippen LogP contribution in [0.2, 0.25) is 0 Å². The number of carbonyl (C=O) groups is 1. The number of hydrogen-bond donors (Lipinski definition) is 2. The SMILES string of the molecule is Cc1ccc(NC(=O)CSc2n[nH]c(=O)n2CCc2ccccc2)c(F)c1. The van der Waals surface area contributed by atoms with Crippen molar-refractivity contribution in [2.24, 2.45) is 0 Å². The lowest BCUT2D eigenvalue weighted by Gasteiger charge is -2.08. The molecular formula is C19H19FN4O2S. The first-order valence-corrected chi connectivity index (χ1v) is 9.39. The number of aromatic nitrogens is 3. The first kappa shape index (κ1) is 18.9. The quantitative estimate of drug-likeness (QED) is 0.612. The highest BCUT2D eigenvalue weighted by molar-refractivity contribution is 7.99. The van der Waals surface area contributed by atoms with Crippen molar-refractivity contribution in [2.75, 3.05) is 11.1 Å². The predicted molar refractivity (Wildman–Crippen MR) is 103 cm³/mol. The third-order valence-corrected chi connectivity index (χ3v) is 4.90. The molecule has 1 aromatic heterocycles. The van der Waals surface area contributed by atoms with Crippen molar-refractivity contribution >= 4 is 23.4 Å². The molecule has 1 heterocycles. The molecular weight excluding hydrogens is 367 g/mol. The van der Waals surface area contributed by atoms with Gasteiger partial charge in [0.25, 0.3) is 0 Å². The first-order chi connectivity index (χ1) is 13.0. The minimum absolute atomic E-state index is 0.0168. The van der Waals surface area contributed by atoms with Gasteiger partial charge in [0.2, 0.25) is 5.91 Å².